The normalized spacial score (nSPS) is 27.3. The Labute approximate surface area is 111 Å². The largest absolute Gasteiger partial charge is 0.328 e. The van der Waals surface area contributed by atoms with Crippen LogP contribution in [-0.4, -0.2) is 24.5 Å². The summed E-state index contributed by atoms with van der Waals surface area (Å²) in [5, 5.41) is 0. The summed E-state index contributed by atoms with van der Waals surface area (Å²) in [5.41, 5.74) is 9.24. The Kier molecular flexibility index (Phi) is 4.08. The minimum atomic E-state index is 0.0621. The third kappa shape index (κ3) is 1.98. The first-order valence-electron chi connectivity index (χ1n) is 7.24. The number of nitrogens with two attached hydrogens (primary N) is 1. The highest BCUT2D eigenvalue weighted by Crippen LogP contribution is 2.44. The van der Waals surface area contributed by atoms with Crippen molar-refractivity contribution in [3.63, 3.8) is 0 Å². The number of hydrogen-bond donors (Lipinski definition) is 1. The van der Waals surface area contributed by atoms with E-state index in [1.54, 1.807) is 0 Å². The fraction of sp³-hybridized carbons (Fsp3) is 0.625. The Balaban J connectivity index is 2.53. The predicted molar refractivity (Wildman–Crippen MR) is 77.7 cm³/mol. The molecule has 18 heavy (non-hydrogen) atoms. The molecule has 0 bridgehead atoms. The van der Waals surface area contributed by atoms with Crippen LogP contribution in [0.1, 0.15) is 50.7 Å². The van der Waals surface area contributed by atoms with Gasteiger partial charge in [0, 0.05) is 6.54 Å². The van der Waals surface area contributed by atoms with Gasteiger partial charge in [-0.25, -0.2) is 0 Å². The van der Waals surface area contributed by atoms with Gasteiger partial charge in [-0.05, 0) is 43.0 Å². The number of likely N-dealkylation sites (N-methyl/N-ethyl adjacent to an activating group) is 1. The van der Waals surface area contributed by atoms with Crippen LogP contribution >= 0.6 is 0 Å². The Hall–Kier alpha value is -0.860. The third-order valence-corrected chi connectivity index (χ3v) is 4.69. The van der Waals surface area contributed by atoms with E-state index in [2.05, 4.69) is 49.9 Å². The van der Waals surface area contributed by atoms with E-state index in [-0.39, 0.29) is 5.54 Å². The van der Waals surface area contributed by atoms with Gasteiger partial charge in [0.1, 0.15) is 0 Å². The van der Waals surface area contributed by atoms with E-state index in [1.165, 1.54) is 24.0 Å². The number of fused-ring (bicyclic) bond motifs is 1. The fourth-order valence-electron chi connectivity index (χ4n) is 3.59. The van der Waals surface area contributed by atoms with Crippen LogP contribution in [0.5, 0.6) is 0 Å². The Morgan fingerprint density at radius 2 is 1.94 bits per heavy atom. The van der Waals surface area contributed by atoms with Gasteiger partial charge in [-0.1, -0.05) is 45.0 Å². The topological polar surface area (TPSA) is 29.3 Å². The first-order valence-corrected chi connectivity index (χ1v) is 7.24. The van der Waals surface area contributed by atoms with Crippen molar-refractivity contribution in [1.29, 1.82) is 0 Å². The quantitative estimate of drug-likeness (QED) is 0.884. The molecule has 0 amide bonds. The van der Waals surface area contributed by atoms with Gasteiger partial charge in [-0.2, -0.15) is 0 Å². The van der Waals surface area contributed by atoms with E-state index in [9.17, 15) is 0 Å². The van der Waals surface area contributed by atoms with Crippen LogP contribution in [0.3, 0.4) is 0 Å². The summed E-state index contributed by atoms with van der Waals surface area (Å²) in [6.07, 6.45) is 2.42. The van der Waals surface area contributed by atoms with Gasteiger partial charge in [0.15, 0.2) is 0 Å². The summed E-state index contributed by atoms with van der Waals surface area (Å²) in [7, 11) is 0. The molecule has 0 aliphatic heterocycles. The maximum absolute atomic E-state index is 6.21. The van der Waals surface area contributed by atoms with Crippen LogP contribution in [0.15, 0.2) is 24.3 Å². The lowest BCUT2D eigenvalue weighted by molar-refractivity contribution is 0.0821. The first kappa shape index (κ1) is 13.6. The fourth-order valence-corrected chi connectivity index (χ4v) is 3.59. The van der Waals surface area contributed by atoms with E-state index in [4.69, 9.17) is 5.73 Å². The van der Waals surface area contributed by atoms with E-state index >= 15 is 0 Å². The highest BCUT2D eigenvalue weighted by molar-refractivity contribution is 5.39. The summed E-state index contributed by atoms with van der Waals surface area (Å²) in [5.74, 6) is 0.663. The second-order valence-corrected chi connectivity index (χ2v) is 5.43. The van der Waals surface area contributed by atoms with Gasteiger partial charge in [0.2, 0.25) is 0 Å². The molecule has 2 N–H and O–H groups in total. The van der Waals surface area contributed by atoms with Crippen LogP contribution in [0.2, 0.25) is 0 Å². The minimum absolute atomic E-state index is 0.0621. The second-order valence-electron chi connectivity index (χ2n) is 5.43. The van der Waals surface area contributed by atoms with Crippen molar-refractivity contribution in [2.75, 3.05) is 19.6 Å². The van der Waals surface area contributed by atoms with Crippen molar-refractivity contribution < 1.29 is 0 Å². The van der Waals surface area contributed by atoms with Gasteiger partial charge in [0.05, 0.1) is 5.54 Å². The van der Waals surface area contributed by atoms with Crippen molar-refractivity contribution in [2.24, 2.45) is 5.73 Å². The lowest BCUT2D eigenvalue weighted by Gasteiger charge is -2.48. The summed E-state index contributed by atoms with van der Waals surface area (Å²) in [4.78, 5) is 2.54. The zero-order valence-corrected chi connectivity index (χ0v) is 11.9. The van der Waals surface area contributed by atoms with Crippen LogP contribution in [0.4, 0.5) is 0 Å². The highest BCUT2D eigenvalue weighted by atomic mass is 15.2. The number of nitrogens with zero attached hydrogens (tertiary/aromatic N) is 1. The van der Waals surface area contributed by atoms with Crippen molar-refractivity contribution in [3.05, 3.63) is 35.4 Å². The van der Waals surface area contributed by atoms with Crippen molar-refractivity contribution >= 4 is 0 Å². The molecule has 0 saturated heterocycles. The van der Waals surface area contributed by atoms with Gasteiger partial charge in [-0.3, -0.25) is 4.90 Å². The molecular formula is C16H26N2. The zero-order valence-electron chi connectivity index (χ0n) is 11.9. The second kappa shape index (κ2) is 5.41. The highest BCUT2D eigenvalue weighted by Gasteiger charge is 2.40. The van der Waals surface area contributed by atoms with E-state index < -0.39 is 0 Å². The number of rotatable bonds is 4. The lowest BCUT2D eigenvalue weighted by atomic mass is 9.71. The molecule has 0 spiro atoms. The molecule has 1 aliphatic rings. The monoisotopic (exact) mass is 246 g/mol. The van der Waals surface area contributed by atoms with Crippen LogP contribution in [-0.2, 0) is 5.54 Å². The molecule has 0 saturated carbocycles. The lowest BCUT2D eigenvalue weighted by Crippen LogP contribution is -2.53. The molecule has 0 heterocycles. The third-order valence-electron chi connectivity index (χ3n) is 4.69. The Morgan fingerprint density at radius 1 is 1.28 bits per heavy atom. The summed E-state index contributed by atoms with van der Waals surface area (Å²) >= 11 is 0. The minimum Gasteiger partial charge on any atom is -0.328 e. The van der Waals surface area contributed by atoms with Crippen LogP contribution < -0.4 is 5.73 Å². The molecule has 100 valence electrons. The maximum atomic E-state index is 6.21. The van der Waals surface area contributed by atoms with Crippen LogP contribution in [0, 0.1) is 0 Å². The number of hydrogen-bond acceptors (Lipinski definition) is 2. The molecule has 2 heteroatoms. The molecule has 1 aliphatic carbocycles. The SMILES string of the molecule is CCN(CC)C1(CN)CCC(C)c2ccccc21. The molecule has 0 radical (unpaired) electrons. The summed E-state index contributed by atoms with van der Waals surface area (Å²) in [6.45, 7) is 9.66. The molecule has 0 aromatic heterocycles. The smallest absolute Gasteiger partial charge is 0.0586 e. The molecular weight excluding hydrogens is 220 g/mol. The summed E-state index contributed by atoms with van der Waals surface area (Å²) in [6, 6.07) is 8.89. The Bertz CT molecular complexity index is 398. The number of benzene rings is 1. The maximum Gasteiger partial charge on any atom is 0.0586 e. The average molecular weight is 246 g/mol. The Morgan fingerprint density at radius 3 is 2.56 bits per heavy atom. The van der Waals surface area contributed by atoms with Crippen molar-refractivity contribution in [3.8, 4) is 0 Å². The standard InChI is InChI=1S/C16H26N2/c1-4-18(5-2)16(12-17)11-10-13(3)14-8-6-7-9-15(14)16/h6-9,13H,4-5,10-12,17H2,1-3H3. The first-order chi connectivity index (χ1) is 8.69. The molecule has 1 aromatic carbocycles. The molecule has 2 atom stereocenters. The molecule has 0 fully saturated rings. The van der Waals surface area contributed by atoms with Crippen molar-refractivity contribution in [2.45, 2.75) is 45.1 Å². The van der Waals surface area contributed by atoms with Crippen molar-refractivity contribution in [1.82, 2.24) is 4.90 Å². The molecule has 2 nitrogen and oxygen atoms in total. The van der Waals surface area contributed by atoms with Gasteiger partial charge in [0.25, 0.3) is 0 Å². The average Bonchev–Trinajstić information content (AvgIpc) is 2.43. The van der Waals surface area contributed by atoms with E-state index in [0.29, 0.717) is 5.92 Å². The molecule has 2 unspecified atom stereocenters. The zero-order chi connectivity index (χ0) is 13.2. The predicted octanol–water partition coefficient (Wildman–Crippen LogP) is 3.08. The van der Waals surface area contributed by atoms with Gasteiger partial charge >= 0.3 is 0 Å². The summed E-state index contributed by atoms with van der Waals surface area (Å²) < 4.78 is 0. The molecule has 2 rings (SSSR count). The van der Waals surface area contributed by atoms with E-state index in [0.717, 1.165) is 19.6 Å². The molecule has 1 aromatic rings. The van der Waals surface area contributed by atoms with Gasteiger partial charge < -0.3 is 5.73 Å². The van der Waals surface area contributed by atoms with E-state index in [1.807, 2.05) is 0 Å². The van der Waals surface area contributed by atoms with Gasteiger partial charge in [-0.15, -0.1) is 0 Å². The van der Waals surface area contributed by atoms with Crippen LogP contribution in [0.25, 0.3) is 0 Å².